The summed E-state index contributed by atoms with van der Waals surface area (Å²) < 4.78 is 39.8. The van der Waals surface area contributed by atoms with Crippen LogP contribution in [-0.4, -0.2) is 29.6 Å². The summed E-state index contributed by atoms with van der Waals surface area (Å²) in [7, 11) is 0. The molecule has 1 heterocycles. The largest absolute Gasteiger partial charge is 0.471 e. The molecule has 0 aromatic heterocycles. The summed E-state index contributed by atoms with van der Waals surface area (Å²) in [5, 5.41) is 3.30. The van der Waals surface area contributed by atoms with Crippen LogP contribution in [0.5, 0.6) is 0 Å². The molecule has 138 valence electrons. The number of carbonyl (C=O) groups is 1. The number of hydrogen-bond acceptors (Lipinski definition) is 2. The number of amides is 1. The average Bonchev–Trinajstić information content (AvgIpc) is 2.66. The van der Waals surface area contributed by atoms with E-state index in [0.29, 0.717) is 12.0 Å². The van der Waals surface area contributed by atoms with Gasteiger partial charge in [-0.3, -0.25) is 4.79 Å². The normalized spacial score (nSPS) is 20.6. The molecular formula is C20H21F3N2O. The molecule has 0 aliphatic carbocycles. The summed E-state index contributed by atoms with van der Waals surface area (Å²) in [5.74, 6) is -1.78. The van der Waals surface area contributed by atoms with E-state index in [0.717, 1.165) is 23.4 Å². The Bertz CT molecular complexity index is 719. The predicted octanol–water partition coefficient (Wildman–Crippen LogP) is 4.07. The van der Waals surface area contributed by atoms with E-state index in [1.165, 1.54) is 0 Å². The van der Waals surface area contributed by atoms with Crippen molar-refractivity contribution >= 4 is 5.91 Å². The molecular weight excluding hydrogens is 341 g/mol. The molecule has 26 heavy (non-hydrogen) atoms. The van der Waals surface area contributed by atoms with Gasteiger partial charge in [0.2, 0.25) is 0 Å². The molecule has 0 spiro atoms. The minimum absolute atomic E-state index is 0.0607. The van der Waals surface area contributed by atoms with Crippen molar-refractivity contribution in [2.24, 2.45) is 0 Å². The Kier molecular flexibility index (Phi) is 5.61. The van der Waals surface area contributed by atoms with Crippen molar-refractivity contribution in [1.29, 1.82) is 0 Å². The molecule has 0 bridgehead atoms. The van der Waals surface area contributed by atoms with Gasteiger partial charge >= 0.3 is 12.1 Å². The van der Waals surface area contributed by atoms with E-state index in [-0.39, 0.29) is 12.6 Å². The molecule has 1 saturated heterocycles. The molecule has 1 aliphatic heterocycles. The van der Waals surface area contributed by atoms with Crippen molar-refractivity contribution in [2.45, 2.75) is 37.6 Å². The lowest BCUT2D eigenvalue weighted by atomic mass is 9.90. The van der Waals surface area contributed by atoms with E-state index in [4.69, 9.17) is 0 Å². The van der Waals surface area contributed by atoms with Gasteiger partial charge in [0.05, 0.1) is 12.1 Å². The van der Waals surface area contributed by atoms with E-state index in [9.17, 15) is 18.0 Å². The molecule has 0 unspecified atom stereocenters. The Hall–Kier alpha value is -2.34. The Morgan fingerprint density at radius 3 is 2.27 bits per heavy atom. The first-order valence-electron chi connectivity index (χ1n) is 8.67. The SMILES string of the molecule is O=C(N(Cc1ccccc1)[C@@H]1CCCN[C@@H]1c1ccccc1)C(F)(F)F. The van der Waals surface area contributed by atoms with Gasteiger partial charge < -0.3 is 10.2 Å². The number of carbonyl (C=O) groups excluding carboxylic acids is 1. The van der Waals surface area contributed by atoms with E-state index in [1.54, 1.807) is 30.3 Å². The Morgan fingerprint density at radius 1 is 1.04 bits per heavy atom. The van der Waals surface area contributed by atoms with Gasteiger partial charge in [0.1, 0.15) is 0 Å². The Labute approximate surface area is 150 Å². The lowest BCUT2D eigenvalue weighted by molar-refractivity contribution is -0.189. The summed E-state index contributed by atoms with van der Waals surface area (Å²) in [5.41, 5.74) is 1.58. The number of hydrogen-bond donors (Lipinski definition) is 1. The third-order valence-electron chi connectivity index (χ3n) is 4.68. The maximum atomic E-state index is 13.3. The minimum Gasteiger partial charge on any atom is -0.326 e. The molecule has 0 radical (unpaired) electrons. The number of nitrogens with zero attached hydrogens (tertiary/aromatic N) is 1. The molecule has 3 rings (SSSR count). The third kappa shape index (κ3) is 4.25. The fourth-order valence-electron chi connectivity index (χ4n) is 3.49. The molecule has 0 saturated carbocycles. The van der Waals surface area contributed by atoms with Crippen LogP contribution in [0, 0.1) is 0 Å². The van der Waals surface area contributed by atoms with Crippen LogP contribution < -0.4 is 5.32 Å². The van der Waals surface area contributed by atoms with Crippen LogP contribution in [0.4, 0.5) is 13.2 Å². The Balaban J connectivity index is 1.94. The number of halogens is 3. The van der Waals surface area contributed by atoms with Crippen LogP contribution >= 0.6 is 0 Å². The summed E-state index contributed by atoms with van der Waals surface area (Å²) in [6.45, 7) is 0.657. The van der Waals surface area contributed by atoms with Crippen molar-refractivity contribution in [3.63, 3.8) is 0 Å². The zero-order chi connectivity index (χ0) is 18.6. The second-order valence-electron chi connectivity index (χ2n) is 6.47. The van der Waals surface area contributed by atoms with Crippen LogP contribution in [0.3, 0.4) is 0 Å². The second-order valence-corrected chi connectivity index (χ2v) is 6.47. The maximum Gasteiger partial charge on any atom is 0.471 e. The molecule has 2 atom stereocenters. The van der Waals surface area contributed by atoms with Crippen LogP contribution in [0.25, 0.3) is 0 Å². The number of alkyl halides is 3. The maximum absolute atomic E-state index is 13.3. The van der Waals surface area contributed by atoms with Crippen molar-refractivity contribution < 1.29 is 18.0 Å². The van der Waals surface area contributed by atoms with E-state index < -0.39 is 18.1 Å². The molecule has 1 amide bonds. The van der Waals surface area contributed by atoms with E-state index in [1.807, 2.05) is 30.3 Å². The van der Waals surface area contributed by atoms with Gasteiger partial charge in [-0.25, -0.2) is 0 Å². The summed E-state index contributed by atoms with van der Waals surface area (Å²) in [6.07, 6.45) is -3.64. The fraction of sp³-hybridized carbons (Fsp3) is 0.350. The monoisotopic (exact) mass is 362 g/mol. The van der Waals surface area contributed by atoms with Gasteiger partial charge in [-0.1, -0.05) is 60.7 Å². The summed E-state index contributed by atoms with van der Waals surface area (Å²) in [6, 6.07) is 17.3. The number of rotatable bonds is 4. The molecule has 1 aliphatic rings. The van der Waals surface area contributed by atoms with Crippen LogP contribution in [0.1, 0.15) is 30.0 Å². The topological polar surface area (TPSA) is 32.3 Å². The zero-order valence-electron chi connectivity index (χ0n) is 14.2. The highest BCUT2D eigenvalue weighted by Gasteiger charge is 2.46. The highest BCUT2D eigenvalue weighted by molar-refractivity contribution is 5.82. The molecule has 1 N–H and O–H groups in total. The molecule has 2 aromatic carbocycles. The Morgan fingerprint density at radius 2 is 1.65 bits per heavy atom. The smallest absolute Gasteiger partial charge is 0.326 e. The first kappa shape index (κ1) is 18.5. The van der Waals surface area contributed by atoms with Gasteiger partial charge in [-0.15, -0.1) is 0 Å². The quantitative estimate of drug-likeness (QED) is 0.889. The minimum atomic E-state index is -4.90. The molecule has 2 aromatic rings. The average molecular weight is 362 g/mol. The highest BCUT2D eigenvalue weighted by atomic mass is 19.4. The van der Waals surface area contributed by atoms with Crippen LogP contribution in [-0.2, 0) is 11.3 Å². The van der Waals surface area contributed by atoms with Crippen molar-refractivity contribution in [2.75, 3.05) is 6.54 Å². The van der Waals surface area contributed by atoms with Crippen LogP contribution in [0.15, 0.2) is 60.7 Å². The van der Waals surface area contributed by atoms with Gasteiger partial charge in [0.25, 0.3) is 0 Å². The van der Waals surface area contributed by atoms with Crippen LogP contribution in [0.2, 0.25) is 0 Å². The molecule has 3 nitrogen and oxygen atoms in total. The zero-order valence-corrected chi connectivity index (χ0v) is 14.2. The van der Waals surface area contributed by atoms with E-state index >= 15 is 0 Å². The predicted molar refractivity (Wildman–Crippen MR) is 93.3 cm³/mol. The molecule has 1 fully saturated rings. The van der Waals surface area contributed by atoms with Crippen molar-refractivity contribution in [3.8, 4) is 0 Å². The first-order valence-corrected chi connectivity index (χ1v) is 8.67. The van der Waals surface area contributed by atoms with Gasteiger partial charge in [-0.2, -0.15) is 13.2 Å². The standard InChI is InChI=1S/C20H21F3N2O/c21-20(22,23)19(26)25(14-15-8-3-1-4-9-15)17-12-7-13-24-18(17)16-10-5-2-6-11-16/h1-6,8-11,17-18,24H,7,12-14H2/t17-,18-/m1/s1. The number of piperidine rings is 1. The van der Waals surface area contributed by atoms with Gasteiger partial charge in [-0.05, 0) is 30.5 Å². The second kappa shape index (κ2) is 7.91. The summed E-state index contributed by atoms with van der Waals surface area (Å²) in [4.78, 5) is 13.2. The fourth-order valence-corrected chi connectivity index (χ4v) is 3.49. The van der Waals surface area contributed by atoms with E-state index in [2.05, 4.69) is 5.32 Å². The number of benzene rings is 2. The summed E-state index contributed by atoms with van der Waals surface area (Å²) >= 11 is 0. The van der Waals surface area contributed by atoms with Crippen molar-refractivity contribution in [1.82, 2.24) is 10.2 Å². The van der Waals surface area contributed by atoms with Gasteiger partial charge in [0.15, 0.2) is 0 Å². The van der Waals surface area contributed by atoms with Gasteiger partial charge in [0, 0.05) is 6.54 Å². The number of nitrogens with one attached hydrogen (secondary N) is 1. The third-order valence-corrected chi connectivity index (χ3v) is 4.68. The lowest BCUT2D eigenvalue weighted by Crippen LogP contribution is -2.53. The first-order chi connectivity index (χ1) is 12.5. The van der Waals surface area contributed by atoms with Crippen molar-refractivity contribution in [3.05, 3.63) is 71.8 Å². The lowest BCUT2D eigenvalue weighted by Gasteiger charge is -2.41. The molecule has 6 heteroatoms. The highest BCUT2D eigenvalue weighted by Crippen LogP contribution is 2.32.